The number of oxazole rings is 1. The monoisotopic (exact) mass is 412 g/mol. The van der Waals surface area contributed by atoms with Gasteiger partial charge in [0, 0.05) is 16.3 Å². The van der Waals surface area contributed by atoms with E-state index >= 15 is 0 Å². The van der Waals surface area contributed by atoms with Crippen molar-refractivity contribution in [3.8, 4) is 0 Å². The molecule has 5 rings (SSSR count). The SMILES string of the molecule is O=C(CSc1nc2ccccc2o1)N1CCc2sccc2[C@H]1c1cccs1. The number of carbonyl (C=O) groups is 1. The van der Waals surface area contributed by atoms with Gasteiger partial charge < -0.3 is 9.32 Å². The molecule has 136 valence electrons. The van der Waals surface area contributed by atoms with Gasteiger partial charge in [-0.15, -0.1) is 22.7 Å². The van der Waals surface area contributed by atoms with Crippen molar-refractivity contribution in [3.63, 3.8) is 0 Å². The van der Waals surface area contributed by atoms with E-state index in [0.29, 0.717) is 11.0 Å². The molecule has 0 unspecified atom stereocenters. The lowest BCUT2D eigenvalue weighted by molar-refractivity contribution is -0.130. The van der Waals surface area contributed by atoms with Crippen LogP contribution in [-0.2, 0) is 11.2 Å². The largest absolute Gasteiger partial charge is 0.431 e. The lowest BCUT2D eigenvalue weighted by atomic mass is 9.98. The number of thioether (sulfide) groups is 1. The van der Waals surface area contributed by atoms with Gasteiger partial charge in [0.2, 0.25) is 5.91 Å². The van der Waals surface area contributed by atoms with Crippen molar-refractivity contribution in [1.82, 2.24) is 9.88 Å². The molecule has 27 heavy (non-hydrogen) atoms. The topological polar surface area (TPSA) is 46.3 Å². The number of thiophene rings is 2. The number of aromatic nitrogens is 1. The van der Waals surface area contributed by atoms with E-state index in [1.54, 1.807) is 22.7 Å². The fraction of sp³-hybridized carbons (Fsp3) is 0.200. The summed E-state index contributed by atoms with van der Waals surface area (Å²) in [6.07, 6.45) is 0.925. The molecule has 1 atom stereocenters. The molecule has 0 fully saturated rings. The zero-order valence-corrected chi connectivity index (χ0v) is 16.8. The minimum atomic E-state index is 0.0248. The third-order valence-electron chi connectivity index (χ3n) is 4.69. The molecule has 0 spiro atoms. The summed E-state index contributed by atoms with van der Waals surface area (Å²) in [4.78, 5) is 22.1. The maximum Gasteiger partial charge on any atom is 0.257 e. The van der Waals surface area contributed by atoms with Gasteiger partial charge in [0.05, 0.1) is 11.8 Å². The van der Waals surface area contributed by atoms with E-state index < -0.39 is 0 Å². The minimum Gasteiger partial charge on any atom is -0.431 e. The molecule has 0 bridgehead atoms. The van der Waals surface area contributed by atoms with E-state index in [1.165, 1.54) is 27.1 Å². The predicted molar refractivity (Wildman–Crippen MR) is 111 cm³/mol. The molecule has 7 heteroatoms. The Balaban J connectivity index is 1.37. The summed E-state index contributed by atoms with van der Waals surface area (Å²) >= 11 is 4.86. The Hall–Kier alpha value is -2.09. The summed E-state index contributed by atoms with van der Waals surface area (Å²) in [7, 11) is 0. The Morgan fingerprint density at radius 1 is 1.19 bits per heavy atom. The van der Waals surface area contributed by atoms with Crippen LogP contribution < -0.4 is 0 Å². The second-order valence-corrected chi connectivity index (χ2v) is 9.20. The first-order valence-electron chi connectivity index (χ1n) is 8.67. The van der Waals surface area contributed by atoms with Crippen LogP contribution in [0.15, 0.2) is 62.9 Å². The molecular weight excluding hydrogens is 396 g/mol. The van der Waals surface area contributed by atoms with Crippen molar-refractivity contribution >= 4 is 51.4 Å². The molecule has 0 radical (unpaired) electrons. The molecular formula is C20H16N2O2S3. The number of nitrogens with zero attached hydrogens (tertiary/aromatic N) is 2. The first kappa shape index (κ1) is 17.0. The van der Waals surface area contributed by atoms with E-state index in [0.717, 1.165) is 24.1 Å². The fourth-order valence-corrected chi connectivity index (χ4v) is 5.94. The van der Waals surface area contributed by atoms with Crippen molar-refractivity contribution in [1.29, 1.82) is 0 Å². The maximum atomic E-state index is 13.1. The number of hydrogen-bond acceptors (Lipinski definition) is 6. The average molecular weight is 413 g/mol. The highest BCUT2D eigenvalue weighted by atomic mass is 32.2. The Morgan fingerprint density at radius 2 is 2.11 bits per heavy atom. The number of fused-ring (bicyclic) bond motifs is 2. The first-order valence-corrected chi connectivity index (χ1v) is 11.4. The second-order valence-electron chi connectivity index (χ2n) is 6.29. The Kier molecular flexibility index (Phi) is 4.51. The zero-order valence-electron chi connectivity index (χ0n) is 14.3. The quantitative estimate of drug-likeness (QED) is 0.431. The third kappa shape index (κ3) is 3.20. The van der Waals surface area contributed by atoms with Crippen LogP contribution in [0.5, 0.6) is 0 Å². The van der Waals surface area contributed by atoms with Gasteiger partial charge in [0.25, 0.3) is 5.22 Å². The highest BCUT2D eigenvalue weighted by Crippen LogP contribution is 2.40. The summed E-state index contributed by atoms with van der Waals surface area (Å²) in [6, 6.07) is 14.0. The van der Waals surface area contributed by atoms with Gasteiger partial charge in [-0.25, -0.2) is 4.98 Å². The lowest BCUT2D eigenvalue weighted by Crippen LogP contribution is -2.40. The number of amides is 1. The molecule has 0 saturated heterocycles. The van der Waals surface area contributed by atoms with Crippen LogP contribution in [-0.4, -0.2) is 28.1 Å². The van der Waals surface area contributed by atoms with E-state index in [9.17, 15) is 4.79 Å². The smallest absolute Gasteiger partial charge is 0.257 e. The molecule has 4 nitrogen and oxygen atoms in total. The molecule has 4 heterocycles. The van der Waals surface area contributed by atoms with Crippen LogP contribution >= 0.6 is 34.4 Å². The lowest BCUT2D eigenvalue weighted by Gasteiger charge is -2.35. The molecule has 1 aromatic carbocycles. The van der Waals surface area contributed by atoms with Crippen LogP contribution in [0, 0.1) is 0 Å². The van der Waals surface area contributed by atoms with E-state index in [2.05, 4.69) is 33.9 Å². The first-order chi connectivity index (χ1) is 13.3. The van der Waals surface area contributed by atoms with Gasteiger partial charge in [-0.3, -0.25) is 4.79 Å². The van der Waals surface area contributed by atoms with E-state index in [4.69, 9.17) is 4.42 Å². The number of benzene rings is 1. The molecule has 3 aromatic heterocycles. The van der Waals surface area contributed by atoms with Gasteiger partial charge in [-0.1, -0.05) is 30.0 Å². The highest BCUT2D eigenvalue weighted by molar-refractivity contribution is 7.99. The molecule has 0 aliphatic carbocycles. The van der Waals surface area contributed by atoms with Gasteiger partial charge in [-0.05, 0) is 47.0 Å². The second kappa shape index (κ2) is 7.14. The molecule has 4 aromatic rings. The van der Waals surface area contributed by atoms with Crippen molar-refractivity contribution in [2.75, 3.05) is 12.3 Å². The van der Waals surface area contributed by atoms with Gasteiger partial charge in [-0.2, -0.15) is 0 Å². The number of para-hydroxylation sites is 2. The van der Waals surface area contributed by atoms with Gasteiger partial charge in [0.15, 0.2) is 5.58 Å². The highest BCUT2D eigenvalue weighted by Gasteiger charge is 2.33. The molecule has 1 amide bonds. The number of carbonyl (C=O) groups excluding carboxylic acids is 1. The third-order valence-corrected chi connectivity index (χ3v) is 7.43. The normalized spacial score (nSPS) is 16.6. The van der Waals surface area contributed by atoms with Gasteiger partial charge in [0.1, 0.15) is 5.52 Å². The summed E-state index contributed by atoms with van der Waals surface area (Å²) in [5.41, 5.74) is 2.85. The van der Waals surface area contributed by atoms with E-state index in [1.807, 2.05) is 29.2 Å². The molecule has 1 aliphatic heterocycles. The predicted octanol–water partition coefficient (Wildman–Crippen LogP) is 5.22. The van der Waals surface area contributed by atoms with Crippen LogP contribution in [0.2, 0.25) is 0 Å². The van der Waals surface area contributed by atoms with Crippen LogP contribution in [0.3, 0.4) is 0 Å². The van der Waals surface area contributed by atoms with Crippen LogP contribution in [0.25, 0.3) is 11.1 Å². The Labute approximate surface area is 168 Å². The Morgan fingerprint density at radius 3 is 2.96 bits per heavy atom. The summed E-state index contributed by atoms with van der Waals surface area (Å²) in [5, 5.41) is 4.75. The van der Waals surface area contributed by atoms with Crippen molar-refractivity contribution in [3.05, 3.63) is 68.5 Å². The van der Waals surface area contributed by atoms with Crippen molar-refractivity contribution in [2.24, 2.45) is 0 Å². The van der Waals surface area contributed by atoms with Crippen LogP contribution in [0.1, 0.15) is 21.4 Å². The number of hydrogen-bond donors (Lipinski definition) is 0. The summed E-state index contributed by atoms with van der Waals surface area (Å²) in [5.74, 6) is 0.450. The molecule has 0 N–H and O–H groups in total. The standard InChI is InChI=1S/C20H16N2O2S3/c23-18(12-27-20-21-14-4-1-2-5-15(14)24-20)22-9-7-16-13(8-11-26-16)19(22)17-6-3-10-25-17/h1-6,8,10-11,19H,7,9,12H2/t19-/m0/s1. The minimum absolute atomic E-state index is 0.0248. The zero-order chi connectivity index (χ0) is 18.2. The summed E-state index contributed by atoms with van der Waals surface area (Å²) < 4.78 is 5.73. The number of rotatable bonds is 4. The Bertz CT molecular complexity index is 1050. The summed E-state index contributed by atoms with van der Waals surface area (Å²) in [6.45, 7) is 0.753. The fourth-order valence-electron chi connectivity index (χ4n) is 3.46. The maximum absolute atomic E-state index is 13.1. The molecule has 1 aliphatic rings. The van der Waals surface area contributed by atoms with Gasteiger partial charge >= 0.3 is 0 Å². The van der Waals surface area contributed by atoms with Crippen molar-refractivity contribution in [2.45, 2.75) is 17.7 Å². The average Bonchev–Trinajstić information content (AvgIpc) is 3.45. The van der Waals surface area contributed by atoms with E-state index in [-0.39, 0.29) is 11.9 Å². The van der Waals surface area contributed by atoms with Crippen LogP contribution in [0.4, 0.5) is 0 Å². The van der Waals surface area contributed by atoms with Crippen molar-refractivity contribution < 1.29 is 9.21 Å². The molecule has 0 saturated carbocycles.